The van der Waals surface area contributed by atoms with Gasteiger partial charge in [0.25, 0.3) is 0 Å². The fraction of sp³-hybridized carbons (Fsp3) is 0.556. The number of nitrogens with zero attached hydrogens (tertiary/aromatic N) is 1. The SMILES string of the molecule is C=C/C=C(\C=C(/C)CC(=O)OC)N1CC(NC(=O)OC(C)(C)C)C1. The van der Waals surface area contributed by atoms with Gasteiger partial charge in [-0.2, -0.15) is 0 Å². The third-order valence-corrected chi connectivity index (χ3v) is 3.30. The van der Waals surface area contributed by atoms with Crippen LogP contribution in [0, 0.1) is 0 Å². The summed E-state index contributed by atoms with van der Waals surface area (Å²) < 4.78 is 9.91. The highest BCUT2D eigenvalue weighted by atomic mass is 16.6. The summed E-state index contributed by atoms with van der Waals surface area (Å²) in [7, 11) is 1.37. The molecule has 0 bridgehead atoms. The van der Waals surface area contributed by atoms with E-state index in [0.717, 1.165) is 11.3 Å². The number of hydrogen-bond acceptors (Lipinski definition) is 5. The zero-order valence-corrected chi connectivity index (χ0v) is 15.2. The predicted octanol–water partition coefficient (Wildman–Crippen LogP) is 2.77. The molecular weight excluding hydrogens is 308 g/mol. The zero-order chi connectivity index (χ0) is 18.3. The Morgan fingerprint density at radius 1 is 1.33 bits per heavy atom. The van der Waals surface area contributed by atoms with E-state index in [1.165, 1.54) is 7.11 Å². The summed E-state index contributed by atoms with van der Waals surface area (Å²) >= 11 is 0. The van der Waals surface area contributed by atoms with Crippen LogP contribution in [-0.4, -0.2) is 48.8 Å². The molecule has 0 aromatic heterocycles. The van der Waals surface area contributed by atoms with Crippen LogP contribution in [0.5, 0.6) is 0 Å². The third-order valence-electron chi connectivity index (χ3n) is 3.30. The fourth-order valence-corrected chi connectivity index (χ4v) is 2.22. The van der Waals surface area contributed by atoms with Gasteiger partial charge in [0, 0.05) is 18.8 Å². The van der Waals surface area contributed by atoms with Gasteiger partial charge >= 0.3 is 12.1 Å². The normalized spacial score (nSPS) is 16.3. The highest BCUT2D eigenvalue weighted by molar-refractivity contribution is 5.72. The molecule has 6 nitrogen and oxygen atoms in total. The monoisotopic (exact) mass is 336 g/mol. The first-order chi connectivity index (χ1) is 11.1. The van der Waals surface area contributed by atoms with Crippen molar-refractivity contribution in [3.05, 3.63) is 36.1 Å². The first-order valence-electron chi connectivity index (χ1n) is 7.95. The molecule has 0 aromatic rings. The van der Waals surface area contributed by atoms with Gasteiger partial charge < -0.3 is 19.7 Å². The van der Waals surface area contributed by atoms with E-state index in [-0.39, 0.29) is 18.4 Å². The summed E-state index contributed by atoms with van der Waals surface area (Å²) in [6, 6.07) is 0.0439. The lowest BCUT2D eigenvalue weighted by atomic mass is 10.1. The lowest BCUT2D eigenvalue weighted by Crippen LogP contribution is -2.58. The van der Waals surface area contributed by atoms with Crippen LogP contribution >= 0.6 is 0 Å². The maximum Gasteiger partial charge on any atom is 0.407 e. The Morgan fingerprint density at radius 3 is 2.46 bits per heavy atom. The number of nitrogens with one attached hydrogen (secondary N) is 1. The Bertz CT molecular complexity index is 538. The number of hydrogen-bond donors (Lipinski definition) is 1. The molecule has 134 valence electrons. The van der Waals surface area contributed by atoms with Gasteiger partial charge in [-0.15, -0.1) is 0 Å². The minimum Gasteiger partial charge on any atom is -0.469 e. The lowest BCUT2D eigenvalue weighted by Gasteiger charge is -2.42. The molecule has 0 spiro atoms. The summed E-state index contributed by atoms with van der Waals surface area (Å²) in [5.41, 5.74) is 1.35. The largest absolute Gasteiger partial charge is 0.469 e. The molecule has 1 aliphatic rings. The second-order valence-corrected chi connectivity index (χ2v) is 6.82. The molecule has 1 aliphatic heterocycles. The average molecular weight is 336 g/mol. The van der Waals surface area contributed by atoms with Crippen molar-refractivity contribution in [1.82, 2.24) is 10.2 Å². The summed E-state index contributed by atoms with van der Waals surface area (Å²) in [4.78, 5) is 25.2. The molecule has 1 saturated heterocycles. The van der Waals surface area contributed by atoms with Crippen molar-refractivity contribution in [3.63, 3.8) is 0 Å². The van der Waals surface area contributed by atoms with Gasteiger partial charge in [0.05, 0.1) is 19.6 Å². The molecule has 0 aromatic carbocycles. The van der Waals surface area contributed by atoms with Crippen LogP contribution in [-0.2, 0) is 14.3 Å². The van der Waals surface area contributed by atoms with Gasteiger partial charge in [0.1, 0.15) is 5.60 Å². The van der Waals surface area contributed by atoms with Crippen molar-refractivity contribution in [2.45, 2.75) is 45.8 Å². The van der Waals surface area contributed by atoms with Crippen LogP contribution in [0.25, 0.3) is 0 Å². The van der Waals surface area contributed by atoms with E-state index < -0.39 is 11.7 Å². The predicted molar refractivity (Wildman–Crippen MR) is 93.4 cm³/mol. The second kappa shape index (κ2) is 8.57. The van der Waals surface area contributed by atoms with Crippen LogP contribution < -0.4 is 5.32 Å². The molecule has 0 atom stereocenters. The number of ether oxygens (including phenoxy) is 2. The summed E-state index contributed by atoms with van der Waals surface area (Å²) in [5.74, 6) is -0.269. The van der Waals surface area contributed by atoms with E-state index in [1.54, 1.807) is 6.08 Å². The van der Waals surface area contributed by atoms with Crippen molar-refractivity contribution in [2.75, 3.05) is 20.2 Å². The first-order valence-corrected chi connectivity index (χ1v) is 7.95. The maximum absolute atomic E-state index is 11.8. The zero-order valence-electron chi connectivity index (χ0n) is 15.2. The number of methoxy groups -OCH3 is 1. The van der Waals surface area contributed by atoms with Gasteiger partial charge in [-0.3, -0.25) is 4.79 Å². The van der Waals surface area contributed by atoms with Crippen LogP contribution in [0.15, 0.2) is 36.1 Å². The van der Waals surface area contributed by atoms with Crippen LogP contribution in [0.4, 0.5) is 4.79 Å². The molecule has 0 aliphatic carbocycles. The standard InChI is InChI=1S/C18H28N2O4/c1-7-8-15(9-13(2)10-16(21)23-6)20-11-14(12-20)19-17(22)24-18(3,4)5/h7-9,14H,1,10-12H2,2-6H3,(H,19,22)/b13-9+,15-8+. The molecule has 0 unspecified atom stereocenters. The summed E-state index contributed by atoms with van der Waals surface area (Å²) in [6.45, 7) is 12.5. The molecule has 6 heteroatoms. The molecule has 0 radical (unpaired) electrons. The van der Waals surface area contributed by atoms with E-state index >= 15 is 0 Å². The van der Waals surface area contributed by atoms with Crippen molar-refractivity contribution >= 4 is 12.1 Å². The third kappa shape index (κ3) is 6.89. The van der Waals surface area contributed by atoms with E-state index in [0.29, 0.717) is 13.1 Å². The summed E-state index contributed by atoms with van der Waals surface area (Å²) in [5, 5.41) is 2.84. The minimum atomic E-state index is -0.505. The van der Waals surface area contributed by atoms with Crippen LogP contribution in [0.1, 0.15) is 34.1 Å². The molecule has 0 saturated carbocycles. The highest BCUT2D eigenvalue weighted by Crippen LogP contribution is 2.19. The maximum atomic E-state index is 11.8. The summed E-state index contributed by atoms with van der Waals surface area (Å²) in [6.07, 6.45) is 5.36. The van der Waals surface area contributed by atoms with Gasteiger partial charge in [-0.25, -0.2) is 4.79 Å². The lowest BCUT2D eigenvalue weighted by molar-refractivity contribution is -0.139. The molecule has 1 heterocycles. The van der Waals surface area contributed by atoms with Crippen LogP contribution in [0.2, 0.25) is 0 Å². The van der Waals surface area contributed by atoms with Gasteiger partial charge in [0.2, 0.25) is 0 Å². The number of allylic oxidation sites excluding steroid dienone is 3. The fourth-order valence-electron chi connectivity index (χ4n) is 2.22. The molecule has 1 amide bonds. The van der Waals surface area contributed by atoms with Crippen LogP contribution in [0.3, 0.4) is 0 Å². The number of esters is 1. The number of carbonyl (C=O) groups is 2. The Hall–Kier alpha value is -2.24. The second-order valence-electron chi connectivity index (χ2n) is 6.82. The Morgan fingerprint density at radius 2 is 1.96 bits per heavy atom. The van der Waals surface area contributed by atoms with Gasteiger partial charge in [0.15, 0.2) is 0 Å². The first kappa shape index (κ1) is 19.8. The molecular formula is C18H28N2O4. The Balaban J connectivity index is 2.56. The number of rotatable bonds is 6. The minimum absolute atomic E-state index is 0.0439. The van der Waals surface area contributed by atoms with E-state index in [4.69, 9.17) is 4.74 Å². The topological polar surface area (TPSA) is 67.9 Å². The van der Waals surface area contributed by atoms with E-state index in [2.05, 4.69) is 21.5 Å². The molecule has 1 fully saturated rings. The van der Waals surface area contributed by atoms with Crippen molar-refractivity contribution in [3.8, 4) is 0 Å². The number of likely N-dealkylation sites (tertiary alicyclic amines) is 1. The quantitative estimate of drug-likeness (QED) is 0.597. The van der Waals surface area contributed by atoms with Gasteiger partial charge in [-0.05, 0) is 39.8 Å². The van der Waals surface area contributed by atoms with Gasteiger partial charge in [-0.1, -0.05) is 18.2 Å². The van der Waals surface area contributed by atoms with Crippen molar-refractivity contribution < 1.29 is 19.1 Å². The van der Waals surface area contributed by atoms with E-state index in [1.807, 2.05) is 39.8 Å². The number of carbonyl (C=O) groups excluding carboxylic acids is 2. The number of amides is 1. The van der Waals surface area contributed by atoms with Crippen molar-refractivity contribution in [1.29, 1.82) is 0 Å². The molecule has 1 rings (SSSR count). The van der Waals surface area contributed by atoms with E-state index in [9.17, 15) is 9.59 Å². The Labute approximate surface area is 144 Å². The highest BCUT2D eigenvalue weighted by Gasteiger charge is 2.30. The molecule has 1 N–H and O–H groups in total. The Kier molecular flexibility index (Phi) is 7.07. The molecule has 24 heavy (non-hydrogen) atoms. The van der Waals surface area contributed by atoms with Crippen molar-refractivity contribution in [2.24, 2.45) is 0 Å². The smallest absolute Gasteiger partial charge is 0.407 e. The number of alkyl carbamates (subject to hydrolysis) is 1. The average Bonchev–Trinajstić information content (AvgIpc) is 2.39.